The molecule has 3 N–H and O–H groups in total. The lowest BCUT2D eigenvalue weighted by Crippen LogP contribution is -2.22. The van der Waals surface area contributed by atoms with Crippen LogP contribution in [0, 0.1) is 11.3 Å². The number of benzene rings is 2. The van der Waals surface area contributed by atoms with Gasteiger partial charge in [-0.15, -0.1) is 0 Å². The lowest BCUT2D eigenvalue weighted by molar-refractivity contribution is -0.144. The van der Waals surface area contributed by atoms with Crippen LogP contribution in [-0.2, 0) is 4.79 Å². The molecule has 150 valence electrons. The Hall–Kier alpha value is -4.45. The molecule has 0 bridgehead atoms. The molecule has 3 rings (SSSR count). The van der Waals surface area contributed by atoms with Gasteiger partial charge in [-0.1, -0.05) is 30.3 Å². The van der Waals surface area contributed by atoms with Gasteiger partial charge in [-0.3, -0.25) is 9.78 Å². The maximum atomic E-state index is 12.2. The van der Waals surface area contributed by atoms with E-state index < -0.39 is 17.6 Å². The SMILES string of the molecule is CC(Oc1ccc(C=NNc2nc(-c3ccccc3)c(C#N)c(=O)[nH]2)cc1)C(=O)O. The smallest absolute Gasteiger partial charge is 0.344 e. The molecule has 0 aliphatic carbocycles. The Labute approximate surface area is 171 Å². The molecule has 0 saturated heterocycles. The second-order valence-corrected chi connectivity index (χ2v) is 6.15. The third-order valence-corrected chi connectivity index (χ3v) is 4.00. The van der Waals surface area contributed by atoms with Crippen LogP contribution in [-0.4, -0.2) is 33.4 Å². The van der Waals surface area contributed by atoms with Crippen molar-refractivity contribution in [3.8, 4) is 23.1 Å². The summed E-state index contributed by atoms with van der Waals surface area (Å²) < 4.78 is 5.26. The molecule has 1 aromatic heterocycles. The highest BCUT2D eigenvalue weighted by molar-refractivity contribution is 5.80. The molecule has 1 heterocycles. The van der Waals surface area contributed by atoms with Crippen LogP contribution in [0.3, 0.4) is 0 Å². The van der Waals surface area contributed by atoms with Crippen molar-refractivity contribution < 1.29 is 14.6 Å². The van der Waals surface area contributed by atoms with Gasteiger partial charge in [-0.05, 0) is 36.8 Å². The largest absolute Gasteiger partial charge is 0.479 e. The van der Waals surface area contributed by atoms with Gasteiger partial charge in [-0.25, -0.2) is 15.2 Å². The standard InChI is InChI=1S/C21H17N5O4/c1-13(20(28)29)30-16-9-7-14(8-10-16)12-23-26-21-24-18(15-5-3-2-4-6-15)17(11-22)19(27)25-21/h2-10,12-13H,1H3,(H,28,29)(H2,24,25,26,27). The van der Waals surface area contributed by atoms with Crippen LogP contribution in [0.2, 0.25) is 0 Å². The number of aliphatic carboxylic acids is 1. The molecule has 0 radical (unpaired) electrons. The summed E-state index contributed by atoms with van der Waals surface area (Å²) in [7, 11) is 0. The molecule has 30 heavy (non-hydrogen) atoms. The first-order valence-corrected chi connectivity index (χ1v) is 8.86. The number of aromatic amines is 1. The number of carbonyl (C=O) groups is 1. The number of rotatable bonds is 7. The fraction of sp³-hybridized carbons (Fsp3) is 0.0952. The highest BCUT2D eigenvalue weighted by atomic mass is 16.5. The summed E-state index contributed by atoms with van der Waals surface area (Å²) in [6.07, 6.45) is 0.536. The number of aromatic nitrogens is 2. The molecule has 0 spiro atoms. The summed E-state index contributed by atoms with van der Waals surface area (Å²) in [5, 5.41) is 22.2. The number of hydrazone groups is 1. The Kier molecular flexibility index (Phi) is 6.20. The van der Waals surface area contributed by atoms with Crippen molar-refractivity contribution in [2.45, 2.75) is 13.0 Å². The van der Waals surface area contributed by atoms with Gasteiger partial charge in [-0.2, -0.15) is 10.4 Å². The summed E-state index contributed by atoms with van der Waals surface area (Å²) in [5.41, 5.74) is 3.59. The number of carboxylic acid groups (broad SMARTS) is 1. The molecule has 3 aromatic rings. The van der Waals surface area contributed by atoms with Crippen LogP contribution in [0.25, 0.3) is 11.3 Å². The molecular weight excluding hydrogens is 386 g/mol. The molecule has 0 aliphatic heterocycles. The summed E-state index contributed by atoms with van der Waals surface area (Å²) in [4.78, 5) is 29.8. The fourth-order valence-electron chi connectivity index (χ4n) is 2.49. The number of hydrogen-bond donors (Lipinski definition) is 3. The summed E-state index contributed by atoms with van der Waals surface area (Å²) in [6, 6.07) is 17.4. The lowest BCUT2D eigenvalue weighted by Gasteiger charge is -2.10. The number of carboxylic acids is 1. The fourth-order valence-corrected chi connectivity index (χ4v) is 2.49. The third kappa shape index (κ3) is 4.88. The summed E-state index contributed by atoms with van der Waals surface area (Å²) >= 11 is 0. The van der Waals surface area contributed by atoms with E-state index in [1.54, 1.807) is 48.5 Å². The molecule has 2 aromatic carbocycles. The average Bonchev–Trinajstić information content (AvgIpc) is 2.75. The Morgan fingerprint density at radius 3 is 2.60 bits per heavy atom. The molecule has 0 aliphatic rings. The third-order valence-electron chi connectivity index (χ3n) is 4.00. The zero-order valence-electron chi connectivity index (χ0n) is 15.9. The van der Waals surface area contributed by atoms with E-state index in [2.05, 4.69) is 20.5 Å². The zero-order chi connectivity index (χ0) is 21.5. The minimum absolute atomic E-state index is 0.0816. The van der Waals surface area contributed by atoms with Gasteiger partial charge in [0.1, 0.15) is 17.4 Å². The summed E-state index contributed by atoms with van der Waals surface area (Å²) in [5.74, 6) is -0.548. The monoisotopic (exact) mass is 403 g/mol. The van der Waals surface area contributed by atoms with Crippen LogP contribution in [0.5, 0.6) is 5.75 Å². The molecule has 0 saturated carbocycles. The molecule has 1 atom stereocenters. The molecule has 0 amide bonds. The second kappa shape index (κ2) is 9.16. The minimum atomic E-state index is -1.05. The number of hydrogen-bond acceptors (Lipinski definition) is 7. The predicted molar refractivity (Wildman–Crippen MR) is 110 cm³/mol. The molecule has 1 unspecified atom stereocenters. The van der Waals surface area contributed by atoms with E-state index >= 15 is 0 Å². The van der Waals surface area contributed by atoms with Crippen LogP contribution in [0.4, 0.5) is 5.95 Å². The topological polar surface area (TPSA) is 140 Å². The van der Waals surface area contributed by atoms with Gasteiger partial charge in [0.2, 0.25) is 5.95 Å². The van der Waals surface area contributed by atoms with Gasteiger partial charge in [0.25, 0.3) is 5.56 Å². The summed E-state index contributed by atoms with van der Waals surface area (Å²) in [6.45, 7) is 1.44. The quantitative estimate of drug-likeness (QED) is 0.407. The number of H-pyrrole nitrogens is 1. The maximum Gasteiger partial charge on any atom is 0.344 e. The highest BCUT2D eigenvalue weighted by Crippen LogP contribution is 2.19. The normalized spacial score (nSPS) is 11.6. The molecule has 9 heteroatoms. The van der Waals surface area contributed by atoms with Gasteiger partial charge in [0.15, 0.2) is 6.10 Å². The van der Waals surface area contributed by atoms with Crippen LogP contribution >= 0.6 is 0 Å². The zero-order valence-corrected chi connectivity index (χ0v) is 15.9. The Morgan fingerprint density at radius 2 is 1.97 bits per heavy atom. The van der Waals surface area contributed by atoms with E-state index in [9.17, 15) is 14.9 Å². The van der Waals surface area contributed by atoms with Crippen molar-refractivity contribution >= 4 is 18.1 Å². The Morgan fingerprint density at radius 1 is 1.27 bits per heavy atom. The molecule has 0 fully saturated rings. The Bertz CT molecular complexity index is 1160. The Balaban J connectivity index is 1.75. The van der Waals surface area contributed by atoms with Gasteiger partial charge in [0, 0.05) is 5.56 Å². The molecule has 9 nitrogen and oxygen atoms in total. The van der Waals surface area contributed by atoms with E-state index in [-0.39, 0.29) is 17.2 Å². The number of nitriles is 1. The average molecular weight is 403 g/mol. The van der Waals surface area contributed by atoms with Crippen molar-refractivity contribution in [3.05, 3.63) is 76.1 Å². The minimum Gasteiger partial charge on any atom is -0.479 e. The van der Waals surface area contributed by atoms with Crippen molar-refractivity contribution in [1.29, 1.82) is 5.26 Å². The first-order valence-electron chi connectivity index (χ1n) is 8.86. The van der Waals surface area contributed by atoms with Gasteiger partial charge in [0.05, 0.1) is 11.9 Å². The highest BCUT2D eigenvalue weighted by Gasteiger charge is 2.13. The van der Waals surface area contributed by atoms with E-state index in [1.165, 1.54) is 13.1 Å². The van der Waals surface area contributed by atoms with E-state index in [0.29, 0.717) is 16.9 Å². The predicted octanol–water partition coefficient (Wildman–Crippen LogP) is 2.61. The van der Waals surface area contributed by atoms with Gasteiger partial charge < -0.3 is 9.84 Å². The van der Waals surface area contributed by atoms with E-state index in [0.717, 1.165) is 0 Å². The maximum absolute atomic E-state index is 12.2. The van der Waals surface area contributed by atoms with Crippen LogP contribution < -0.4 is 15.7 Å². The first kappa shape index (κ1) is 20.3. The van der Waals surface area contributed by atoms with E-state index in [1.807, 2.05) is 12.1 Å². The van der Waals surface area contributed by atoms with Crippen molar-refractivity contribution in [3.63, 3.8) is 0 Å². The number of anilines is 1. The van der Waals surface area contributed by atoms with Gasteiger partial charge >= 0.3 is 5.97 Å². The first-order chi connectivity index (χ1) is 14.5. The number of ether oxygens (including phenoxy) is 1. The van der Waals surface area contributed by atoms with E-state index in [4.69, 9.17) is 9.84 Å². The van der Waals surface area contributed by atoms with Crippen molar-refractivity contribution in [1.82, 2.24) is 9.97 Å². The van der Waals surface area contributed by atoms with Crippen molar-refractivity contribution in [2.75, 3.05) is 5.43 Å². The number of nitrogens with one attached hydrogen (secondary N) is 2. The number of nitrogens with zero attached hydrogens (tertiary/aromatic N) is 3. The van der Waals surface area contributed by atoms with Crippen LogP contribution in [0.15, 0.2) is 64.5 Å². The second-order valence-electron chi connectivity index (χ2n) is 6.15. The van der Waals surface area contributed by atoms with Crippen molar-refractivity contribution in [2.24, 2.45) is 5.10 Å². The van der Waals surface area contributed by atoms with Crippen LogP contribution in [0.1, 0.15) is 18.1 Å². The lowest BCUT2D eigenvalue weighted by atomic mass is 10.1. The molecular formula is C21H17N5O4.